The van der Waals surface area contributed by atoms with E-state index in [1.165, 1.54) is 0 Å². The van der Waals surface area contributed by atoms with E-state index in [1.54, 1.807) is 24.1 Å². The second-order valence-electron chi connectivity index (χ2n) is 6.67. The zero-order valence-electron chi connectivity index (χ0n) is 15.4. The van der Waals surface area contributed by atoms with Crippen LogP contribution in [0.3, 0.4) is 0 Å². The van der Waals surface area contributed by atoms with Crippen LogP contribution in [-0.4, -0.2) is 29.9 Å². The molecule has 1 amide bonds. The first-order valence-electron chi connectivity index (χ1n) is 9.26. The quantitative estimate of drug-likeness (QED) is 0.665. The van der Waals surface area contributed by atoms with Crippen molar-refractivity contribution in [3.05, 3.63) is 83.8 Å². The Kier molecular flexibility index (Phi) is 5.69. The van der Waals surface area contributed by atoms with Gasteiger partial charge in [-0.2, -0.15) is 0 Å². The number of amides is 1. The van der Waals surface area contributed by atoms with E-state index in [-0.39, 0.29) is 5.91 Å². The van der Waals surface area contributed by atoms with Crippen LogP contribution in [-0.2, 0) is 6.54 Å². The van der Waals surface area contributed by atoms with Crippen LogP contribution in [0.2, 0.25) is 0 Å². The number of fused-ring (bicyclic) bond motifs is 1. The maximum atomic E-state index is 12.5. The summed E-state index contributed by atoms with van der Waals surface area (Å²) in [5, 5.41) is 13.5. The van der Waals surface area contributed by atoms with E-state index >= 15 is 0 Å². The zero-order chi connectivity index (χ0) is 19.3. The maximum Gasteiger partial charge on any atom is 0.251 e. The van der Waals surface area contributed by atoms with Crippen molar-refractivity contribution in [1.29, 1.82) is 0 Å². The third kappa shape index (κ3) is 4.24. The highest BCUT2D eigenvalue weighted by molar-refractivity contribution is 7.99. The average molecular weight is 394 g/mol. The van der Waals surface area contributed by atoms with Crippen LogP contribution in [0.15, 0.2) is 76.2 Å². The second kappa shape index (κ2) is 8.54. The predicted molar refractivity (Wildman–Crippen MR) is 111 cm³/mol. The number of carbonyl (C=O) groups is 1. The number of furan rings is 1. The number of nitrogens with one attached hydrogen (secondary N) is 1. The Balaban J connectivity index is 1.49. The molecule has 0 spiro atoms. The molecule has 3 aromatic rings. The van der Waals surface area contributed by atoms with Crippen molar-refractivity contribution < 1.29 is 14.3 Å². The molecule has 4 rings (SSSR count). The van der Waals surface area contributed by atoms with Crippen LogP contribution < -0.4 is 10.2 Å². The lowest BCUT2D eigenvalue weighted by atomic mass is 10.1. The van der Waals surface area contributed by atoms with Gasteiger partial charge < -0.3 is 19.7 Å². The number of rotatable bonds is 6. The van der Waals surface area contributed by atoms with E-state index in [0.29, 0.717) is 18.7 Å². The Morgan fingerprint density at radius 2 is 2.04 bits per heavy atom. The van der Waals surface area contributed by atoms with Crippen molar-refractivity contribution in [2.24, 2.45) is 0 Å². The number of carbonyl (C=O) groups excluding carboxylic acids is 1. The Labute approximate surface area is 168 Å². The lowest BCUT2D eigenvalue weighted by Gasteiger charge is -2.33. The van der Waals surface area contributed by atoms with Gasteiger partial charge in [0.1, 0.15) is 5.76 Å². The third-order valence-electron chi connectivity index (χ3n) is 4.76. The smallest absolute Gasteiger partial charge is 0.251 e. The second-order valence-corrected chi connectivity index (χ2v) is 7.80. The monoisotopic (exact) mass is 394 g/mol. The van der Waals surface area contributed by atoms with Crippen LogP contribution in [0.1, 0.15) is 27.8 Å². The van der Waals surface area contributed by atoms with Gasteiger partial charge in [0.15, 0.2) is 0 Å². The Hall–Kier alpha value is -2.70. The van der Waals surface area contributed by atoms with Gasteiger partial charge in [-0.05, 0) is 35.9 Å². The van der Waals surface area contributed by atoms with Crippen LogP contribution >= 0.6 is 11.8 Å². The predicted octanol–water partition coefficient (Wildman–Crippen LogP) is 3.86. The molecule has 2 heterocycles. The fraction of sp³-hybridized carbons (Fsp3) is 0.227. The number of aliphatic hydroxyl groups is 1. The van der Waals surface area contributed by atoms with Crippen molar-refractivity contribution in [2.45, 2.75) is 17.5 Å². The first-order chi connectivity index (χ1) is 13.7. The molecule has 144 valence electrons. The van der Waals surface area contributed by atoms with Gasteiger partial charge in [-0.15, -0.1) is 11.8 Å². The molecule has 2 aromatic carbocycles. The lowest BCUT2D eigenvalue weighted by molar-refractivity contribution is 0.0948. The van der Waals surface area contributed by atoms with Gasteiger partial charge in [0, 0.05) is 29.3 Å². The van der Waals surface area contributed by atoms with E-state index in [4.69, 9.17) is 4.42 Å². The van der Waals surface area contributed by atoms with Gasteiger partial charge >= 0.3 is 0 Å². The number of β-amino-alcohol motifs (C(OH)–C–C–N with tert-alkyl or cyclic N) is 1. The van der Waals surface area contributed by atoms with Crippen LogP contribution in [0, 0.1) is 0 Å². The molecule has 0 bridgehead atoms. The highest BCUT2D eigenvalue weighted by Crippen LogP contribution is 2.36. The summed E-state index contributed by atoms with van der Waals surface area (Å²) in [7, 11) is 0. The molecule has 5 nitrogen and oxygen atoms in total. The minimum absolute atomic E-state index is 0.140. The Morgan fingerprint density at radius 3 is 2.82 bits per heavy atom. The van der Waals surface area contributed by atoms with E-state index < -0.39 is 6.10 Å². The summed E-state index contributed by atoms with van der Waals surface area (Å²) in [6.45, 7) is 1.68. The SMILES string of the molecule is O=C(NCc1ccco1)c1ccc2c(c1)N(CC(O)c1ccccc1)CCS2. The molecule has 6 heteroatoms. The molecule has 1 aliphatic rings. The summed E-state index contributed by atoms with van der Waals surface area (Å²) in [6, 6.07) is 19.0. The first-order valence-corrected chi connectivity index (χ1v) is 10.2. The molecule has 0 saturated heterocycles. The Morgan fingerprint density at radius 1 is 1.18 bits per heavy atom. The number of anilines is 1. The summed E-state index contributed by atoms with van der Waals surface area (Å²) in [5.41, 5.74) is 2.50. The molecular formula is C22H22N2O3S. The van der Waals surface area contributed by atoms with Crippen LogP contribution in [0.4, 0.5) is 5.69 Å². The van der Waals surface area contributed by atoms with Crippen molar-refractivity contribution in [1.82, 2.24) is 5.32 Å². The summed E-state index contributed by atoms with van der Waals surface area (Å²) in [5.74, 6) is 1.53. The lowest BCUT2D eigenvalue weighted by Crippen LogP contribution is -2.33. The third-order valence-corrected chi connectivity index (χ3v) is 5.80. The number of thioether (sulfide) groups is 1. The van der Waals surface area contributed by atoms with Crippen molar-refractivity contribution in [3.8, 4) is 0 Å². The number of benzene rings is 2. The van der Waals surface area contributed by atoms with E-state index in [0.717, 1.165) is 34.2 Å². The largest absolute Gasteiger partial charge is 0.467 e. The van der Waals surface area contributed by atoms with Gasteiger partial charge in [0.05, 0.1) is 24.6 Å². The topological polar surface area (TPSA) is 65.7 Å². The number of nitrogens with zero attached hydrogens (tertiary/aromatic N) is 1. The summed E-state index contributed by atoms with van der Waals surface area (Å²) in [6.07, 6.45) is 1.02. The fourth-order valence-electron chi connectivity index (χ4n) is 3.28. The summed E-state index contributed by atoms with van der Waals surface area (Å²) < 4.78 is 5.26. The minimum Gasteiger partial charge on any atom is -0.467 e. The van der Waals surface area contributed by atoms with E-state index in [1.807, 2.05) is 54.6 Å². The summed E-state index contributed by atoms with van der Waals surface area (Å²) >= 11 is 1.78. The Bertz CT molecular complexity index is 928. The molecule has 0 fully saturated rings. The number of hydrogen-bond acceptors (Lipinski definition) is 5. The maximum absolute atomic E-state index is 12.5. The standard InChI is InChI=1S/C22H22N2O3S/c25-20(16-5-2-1-3-6-16)15-24-10-12-28-21-9-8-17(13-19(21)24)22(26)23-14-18-7-4-11-27-18/h1-9,11,13,20,25H,10,12,14-15H2,(H,23,26). The first kappa shape index (κ1) is 18.7. The summed E-state index contributed by atoms with van der Waals surface area (Å²) in [4.78, 5) is 15.8. The zero-order valence-corrected chi connectivity index (χ0v) is 16.2. The van der Waals surface area contributed by atoms with Gasteiger partial charge in [-0.1, -0.05) is 30.3 Å². The van der Waals surface area contributed by atoms with Crippen LogP contribution in [0.5, 0.6) is 0 Å². The molecule has 2 N–H and O–H groups in total. The molecule has 1 unspecified atom stereocenters. The van der Waals surface area contributed by atoms with E-state index in [9.17, 15) is 9.90 Å². The molecule has 1 aromatic heterocycles. The molecule has 0 aliphatic carbocycles. The molecular weight excluding hydrogens is 372 g/mol. The molecule has 28 heavy (non-hydrogen) atoms. The van der Waals surface area contributed by atoms with Crippen molar-refractivity contribution in [3.63, 3.8) is 0 Å². The molecule has 0 saturated carbocycles. The fourth-order valence-corrected chi connectivity index (χ4v) is 4.31. The average Bonchev–Trinajstić information content (AvgIpc) is 3.26. The van der Waals surface area contributed by atoms with Gasteiger partial charge in [0.25, 0.3) is 5.91 Å². The highest BCUT2D eigenvalue weighted by atomic mass is 32.2. The molecule has 1 atom stereocenters. The van der Waals surface area contributed by atoms with Gasteiger partial charge in [-0.25, -0.2) is 0 Å². The normalized spacial score (nSPS) is 14.4. The van der Waals surface area contributed by atoms with E-state index in [2.05, 4.69) is 10.2 Å². The number of hydrogen-bond donors (Lipinski definition) is 2. The highest BCUT2D eigenvalue weighted by Gasteiger charge is 2.22. The molecule has 1 aliphatic heterocycles. The minimum atomic E-state index is -0.575. The van der Waals surface area contributed by atoms with Gasteiger partial charge in [0.2, 0.25) is 0 Å². The van der Waals surface area contributed by atoms with Gasteiger partial charge in [-0.3, -0.25) is 4.79 Å². The van der Waals surface area contributed by atoms with Crippen LogP contribution in [0.25, 0.3) is 0 Å². The van der Waals surface area contributed by atoms with Crippen molar-refractivity contribution in [2.75, 3.05) is 23.7 Å². The van der Waals surface area contributed by atoms with Crippen molar-refractivity contribution >= 4 is 23.4 Å². The molecule has 0 radical (unpaired) electrons. The number of aliphatic hydroxyl groups excluding tert-OH is 1.